The molecule has 86 valence electrons. The largest absolute Gasteiger partial charge is 0.366 e. The molecule has 0 radical (unpaired) electrons. The van der Waals surface area contributed by atoms with Crippen LogP contribution in [0, 0.1) is 11.3 Å². The minimum absolute atomic E-state index is 0.0718. The molecule has 4 heteroatoms. The van der Waals surface area contributed by atoms with Gasteiger partial charge in [-0.05, 0) is 6.07 Å². The van der Waals surface area contributed by atoms with Crippen molar-refractivity contribution in [3.05, 3.63) is 30.5 Å². The fourth-order valence-corrected chi connectivity index (χ4v) is 2.37. The fraction of sp³-hybridized carbons (Fsp3) is 0.308. The second-order valence-electron chi connectivity index (χ2n) is 4.30. The van der Waals surface area contributed by atoms with E-state index in [1.165, 1.54) is 11.1 Å². The van der Waals surface area contributed by atoms with Crippen molar-refractivity contribution in [2.75, 3.05) is 24.5 Å². The molecule has 2 aromatic rings. The molecule has 2 heterocycles. The van der Waals surface area contributed by atoms with Crippen LogP contribution in [0.1, 0.15) is 0 Å². The monoisotopic (exact) mass is 226 g/mol. The van der Waals surface area contributed by atoms with E-state index in [-0.39, 0.29) is 6.04 Å². The second-order valence-corrected chi connectivity index (χ2v) is 4.30. The maximum atomic E-state index is 8.97. The van der Waals surface area contributed by atoms with Gasteiger partial charge in [0.2, 0.25) is 0 Å². The average molecular weight is 226 g/mol. The van der Waals surface area contributed by atoms with E-state index in [2.05, 4.69) is 33.4 Å². The molecule has 0 amide bonds. The molecule has 1 aromatic carbocycles. The molecule has 17 heavy (non-hydrogen) atoms. The third-order valence-corrected chi connectivity index (χ3v) is 3.24. The van der Waals surface area contributed by atoms with E-state index in [0.717, 1.165) is 25.2 Å². The van der Waals surface area contributed by atoms with E-state index in [1.807, 2.05) is 18.3 Å². The van der Waals surface area contributed by atoms with Crippen LogP contribution in [-0.2, 0) is 0 Å². The number of aromatic nitrogens is 1. The van der Waals surface area contributed by atoms with Gasteiger partial charge in [0.25, 0.3) is 0 Å². The van der Waals surface area contributed by atoms with Crippen LogP contribution in [0.15, 0.2) is 30.5 Å². The van der Waals surface area contributed by atoms with Crippen LogP contribution < -0.4 is 10.2 Å². The first-order valence-corrected chi connectivity index (χ1v) is 5.82. The summed E-state index contributed by atoms with van der Waals surface area (Å²) in [6.07, 6.45) is 2.03. The number of hydrogen-bond acceptors (Lipinski definition) is 3. The summed E-state index contributed by atoms with van der Waals surface area (Å²) < 4.78 is 0. The lowest BCUT2D eigenvalue weighted by Crippen LogP contribution is -2.50. The van der Waals surface area contributed by atoms with Crippen LogP contribution in [0.2, 0.25) is 0 Å². The van der Waals surface area contributed by atoms with E-state index < -0.39 is 0 Å². The topological polar surface area (TPSA) is 54.9 Å². The molecule has 0 aliphatic carbocycles. The summed E-state index contributed by atoms with van der Waals surface area (Å²) >= 11 is 0. The first-order chi connectivity index (χ1) is 8.38. The zero-order valence-corrected chi connectivity index (χ0v) is 9.48. The number of H-pyrrole nitrogens is 1. The second kappa shape index (κ2) is 4.11. The van der Waals surface area contributed by atoms with Crippen LogP contribution in [0.25, 0.3) is 10.9 Å². The number of nitriles is 1. The van der Waals surface area contributed by atoms with Gasteiger partial charge in [0.15, 0.2) is 0 Å². The Kier molecular flexibility index (Phi) is 2.46. The van der Waals surface area contributed by atoms with Gasteiger partial charge in [-0.2, -0.15) is 5.26 Å². The molecule has 1 unspecified atom stereocenters. The van der Waals surface area contributed by atoms with Crippen molar-refractivity contribution in [2.24, 2.45) is 0 Å². The summed E-state index contributed by atoms with van der Waals surface area (Å²) in [7, 11) is 0. The fourth-order valence-electron chi connectivity index (χ4n) is 2.37. The van der Waals surface area contributed by atoms with Gasteiger partial charge in [0.1, 0.15) is 6.04 Å². The molecule has 1 atom stereocenters. The van der Waals surface area contributed by atoms with E-state index >= 15 is 0 Å². The summed E-state index contributed by atoms with van der Waals surface area (Å²) in [5.41, 5.74) is 2.34. The number of aromatic amines is 1. The lowest BCUT2D eigenvalue weighted by molar-refractivity contribution is 0.525. The Bertz CT molecular complexity index is 566. The Labute approximate surface area is 99.8 Å². The summed E-state index contributed by atoms with van der Waals surface area (Å²) in [6.45, 7) is 2.55. The normalized spacial score (nSPS) is 20.4. The zero-order valence-electron chi connectivity index (χ0n) is 9.48. The smallest absolute Gasteiger partial charge is 0.113 e. The van der Waals surface area contributed by atoms with Crippen LogP contribution in [-0.4, -0.2) is 30.7 Å². The van der Waals surface area contributed by atoms with E-state index in [1.54, 1.807) is 0 Å². The molecule has 0 bridgehead atoms. The van der Waals surface area contributed by atoms with E-state index in [0.29, 0.717) is 0 Å². The van der Waals surface area contributed by atoms with Gasteiger partial charge < -0.3 is 9.88 Å². The van der Waals surface area contributed by atoms with Crippen LogP contribution in [0.4, 0.5) is 5.69 Å². The molecule has 1 aliphatic heterocycles. The molecule has 0 spiro atoms. The molecular formula is C13H14N4. The van der Waals surface area contributed by atoms with Gasteiger partial charge in [0.05, 0.1) is 11.8 Å². The molecule has 1 fully saturated rings. The average Bonchev–Trinajstić information content (AvgIpc) is 2.82. The predicted octanol–water partition coefficient (Wildman–Crippen LogP) is 1.47. The van der Waals surface area contributed by atoms with Gasteiger partial charge in [-0.25, -0.2) is 0 Å². The van der Waals surface area contributed by atoms with Gasteiger partial charge in [-0.15, -0.1) is 0 Å². The summed E-state index contributed by atoms with van der Waals surface area (Å²) in [4.78, 5) is 5.54. The Morgan fingerprint density at radius 2 is 2.24 bits per heavy atom. The quantitative estimate of drug-likeness (QED) is 0.774. The maximum absolute atomic E-state index is 8.97. The van der Waals surface area contributed by atoms with Gasteiger partial charge >= 0.3 is 0 Å². The van der Waals surface area contributed by atoms with Gasteiger partial charge in [-0.3, -0.25) is 5.32 Å². The molecule has 0 saturated carbocycles. The Hall–Kier alpha value is -1.99. The number of nitrogens with one attached hydrogen (secondary N) is 2. The standard InChI is InChI=1S/C13H14N4/c14-7-10-9-17(6-5-15-10)13-8-16-12-4-2-1-3-11(12)13/h1-4,8,10,15-16H,5-6,9H2. The van der Waals surface area contributed by atoms with Crippen molar-refractivity contribution in [1.29, 1.82) is 5.26 Å². The number of benzene rings is 1. The zero-order chi connectivity index (χ0) is 11.7. The Morgan fingerprint density at radius 3 is 3.12 bits per heavy atom. The highest BCUT2D eigenvalue weighted by Gasteiger charge is 2.20. The molecule has 2 N–H and O–H groups in total. The molecule has 1 saturated heterocycles. The van der Waals surface area contributed by atoms with Crippen molar-refractivity contribution in [3.8, 4) is 6.07 Å². The predicted molar refractivity (Wildman–Crippen MR) is 67.9 cm³/mol. The van der Waals surface area contributed by atoms with Gasteiger partial charge in [-0.1, -0.05) is 18.2 Å². The lowest BCUT2D eigenvalue weighted by Gasteiger charge is -2.31. The summed E-state index contributed by atoms with van der Waals surface area (Å²) in [5.74, 6) is 0. The number of piperazine rings is 1. The van der Waals surface area contributed by atoms with Crippen LogP contribution in [0.3, 0.4) is 0 Å². The number of anilines is 1. The van der Waals surface area contributed by atoms with E-state index in [4.69, 9.17) is 5.26 Å². The molecular weight excluding hydrogens is 212 g/mol. The van der Waals surface area contributed by atoms with E-state index in [9.17, 15) is 0 Å². The summed E-state index contributed by atoms with van der Waals surface area (Å²) in [6, 6.07) is 10.5. The maximum Gasteiger partial charge on any atom is 0.113 e. The Balaban J connectivity index is 1.96. The third kappa shape index (κ3) is 1.75. The number of hydrogen-bond donors (Lipinski definition) is 2. The number of fused-ring (bicyclic) bond motifs is 1. The summed E-state index contributed by atoms with van der Waals surface area (Å²) in [5, 5.41) is 13.4. The van der Waals surface area contributed by atoms with Crippen molar-refractivity contribution in [3.63, 3.8) is 0 Å². The third-order valence-electron chi connectivity index (χ3n) is 3.24. The molecule has 1 aromatic heterocycles. The van der Waals surface area contributed by atoms with Crippen molar-refractivity contribution in [1.82, 2.24) is 10.3 Å². The van der Waals surface area contributed by atoms with Crippen LogP contribution >= 0.6 is 0 Å². The molecule has 1 aliphatic rings. The molecule has 3 rings (SSSR count). The Morgan fingerprint density at radius 1 is 1.35 bits per heavy atom. The highest BCUT2D eigenvalue weighted by Crippen LogP contribution is 2.26. The van der Waals surface area contributed by atoms with Crippen molar-refractivity contribution >= 4 is 16.6 Å². The van der Waals surface area contributed by atoms with Crippen molar-refractivity contribution < 1.29 is 0 Å². The SMILES string of the molecule is N#CC1CN(c2c[nH]c3ccccc23)CCN1. The number of rotatable bonds is 1. The minimum atomic E-state index is -0.0718. The number of para-hydroxylation sites is 1. The number of nitrogens with zero attached hydrogens (tertiary/aromatic N) is 2. The highest BCUT2D eigenvalue weighted by atomic mass is 15.2. The minimum Gasteiger partial charge on any atom is -0.366 e. The molecule has 4 nitrogen and oxygen atoms in total. The van der Waals surface area contributed by atoms with Crippen LogP contribution in [0.5, 0.6) is 0 Å². The van der Waals surface area contributed by atoms with Crippen molar-refractivity contribution in [2.45, 2.75) is 6.04 Å². The lowest BCUT2D eigenvalue weighted by atomic mass is 10.2. The first kappa shape index (κ1) is 10.2. The van der Waals surface area contributed by atoms with Gasteiger partial charge in [0, 0.05) is 36.7 Å². The first-order valence-electron chi connectivity index (χ1n) is 5.82. The highest BCUT2D eigenvalue weighted by molar-refractivity contribution is 5.92.